The van der Waals surface area contributed by atoms with E-state index in [4.69, 9.17) is 10.9 Å². The summed E-state index contributed by atoms with van der Waals surface area (Å²) in [5.41, 5.74) is 7.32. The van der Waals surface area contributed by atoms with Crippen LogP contribution < -0.4 is 10.6 Å². The number of benzene rings is 1. The van der Waals surface area contributed by atoms with Gasteiger partial charge < -0.3 is 15.8 Å². The number of oxime groups is 1. The molecule has 3 N–H and O–H groups in total. The van der Waals surface area contributed by atoms with Crippen LogP contribution in [0.15, 0.2) is 29.4 Å². The zero-order valence-electron chi connectivity index (χ0n) is 9.14. The van der Waals surface area contributed by atoms with E-state index in [2.05, 4.69) is 17.0 Å². The maximum atomic E-state index is 8.57. The minimum Gasteiger partial charge on any atom is -0.409 e. The first kappa shape index (κ1) is 11.4. The van der Waals surface area contributed by atoms with Gasteiger partial charge in [-0.15, -0.1) is 0 Å². The number of anilines is 1. The van der Waals surface area contributed by atoms with Crippen LogP contribution >= 0.6 is 0 Å². The topological polar surface area (TPSA) is 61.8 Å². The molecule has 0 radical (unpaired) electrons. The number of hydrogen-bond acceptors (Lipinski definition) is 3. The van der Waals surface area contributed by atoms with Crippen molar-refractivity contribution in [2.75, 3.05) is 18.5 Å². The standard InChI is InChI=1S/C11H17N3O/c1-3-7-14(2)10-6-4-5-9(8-10)11(12)13-15/h4-6,8,15H,3,7H2,1-2H3,(H2,12,13). The monoisotopic (exact) mass is 207 g/mol. The molecular formula is C11H17N3O. The summed E-state index contributed by atoms with van der Waals surface area (Å²) in [6, 6.07) is 7.63. The summed E-state index contributed by atoms with van der Waals surface area (Å²) in [5.74, 6) is 0.141. The molecule has 0 saturated carbocycles. The first-order chi connectivity index (χ1) is 7.19. The summed E-state index contributed by atoms with van der Waals surface area (Å²) in [6.07, 6.45) is 1.09. The van der Waals surface area contributed by atoms with Crippen LogP contribution in [-0.2, 0) is 0 Å². The minimum atomic E-state index is 0.141. The van der Waals surface area contributed by atoms with Gasteiger partial charge >= 0.3 is 0 Å². The number of rotatable bonds is 4. The van der Waals surface area contributed by atoms with Crippen molar-refractivity contribution in [2.24, 2.45) is 10.9 Å². The summed E-state index contributed by atoms with van der Waals surface area (Å²) in [6.45, 7) is 3.11. The second-order valence-corrected chi connectivity index (χ2v) is 3.46. The first-order valence-corrected chi connectivity index (χ1v) is 4.98. The highest BCUT2D eigenvalue weighted by Crippen LogP contribution is 2.14. The molecule has 0 bridgehead atoms. The Morgan fingerprint density at radius 1 is 1.53 bits per heavy atom. The Hall–Kier alpha value is -1.71. The van der Waals surface area contributed by atoms with Crippen LogP contribution in [0.1, 0.15) is 18.9 Å². The summed E-state index contributed by atoms with van der Waals surface area (Å²) in [4.78, 5) is 2.13. The predicted octanol–water partition coefficient (Wildman–Crippen LogP) is 1.63. The van der Waals surface area contributed by atoms with Gasteiger partial charge in [0.15, 0.2) is 5.84 Å². The molecule has 4 heteroatoms. The number of nitrogens with zero attached hydrogens (tertiary/aromatic N) is 2. The fraction of sp³-hybridized carbons (Fsp3) is 0.364. The summed E-state index contributed by atoms with van der Waals surface area (Å²) >= 11 is 0. The van der Waals surface area contributed by atoms with Crippen molar-refractivity contribution in [2.45, 2.75) is 13.3 Å². The molecule has 0 aliphatic heterocycles. The third-order valence-corrected chi connectivity index (χ3v) is 2.25. The van der Waals surface area contributed by atoms with E-state index in [-0.39, 0.29) is 5.84 Å². The van der Waals surface area contributed by atoms with Gasteiger partial charge in [-0.05, 0) is 18.6 Å². The average Bonchev–Trinajstić information content (AvgIpc) is 2.28. The van der Waals surface area contributed by atoms with Crippen molar-refractivity contribution in [3.05, 3.63) is 29.8 Å². The number of amidine groups is 1. The minimum absolute atomic E-state index is 0.141. The largest absolute Gasteiger partial charge is 0.409 e. The molecule has 1 rings (SSSR count). The quantitative estimate of drug-likeness (QED) is 0.341. The Balaban J connectivity index is 2.92. The van der Waals surface area contributed by atoms with Crippen molar-refractivity contribution in [3.63, 3.8) is 0 Å². The SMILES string of the molecule is CCCN(C)c1cccc(C(N)=NO)c1. The van der Waals surface area contributed by atoms with Gasteiger partial charge in [0.2, 0.25) is 0 Å². The molecule has 0 saturated heterocycles. The van der Waals surface area contributed by atoms with Gasteiger partial charge in [-0.2, -0.15) is 0 Å². The molecule has 0 aromatic heterocycles. The first-order valence-electron chi connectivity index (χ1n) is 4.98. The van der Waals surface area contributed by atoms with Gasteiger partial charge in [0.05, 0.1) is 0 Å². The molecule has 0 amide bonds. The molecule has 1 aromatic carbocycles. The molecule has 1 aromatic rings. The van der Waals surface area contributed by atoms with E-state index in [0.717, 1.165) is 24.2 Å². The van der Waals surface area contributed by atoms with Crippen LogP contribution in [0.3, 0.4) is 0 Å². The van der Waals surface area contributed by atoms with Crippen molar-refractivity contribution in [1.82, 2.24) is 0 Å². The van der Waals surface area contributed by atoms with Crippen LogP contribution in [0.5, 0.6) is 0 Å². The summed E-state index contributed by atoms with van der Waals surface area (Å²) < 4.78 is 0. The molecule has 15 heavy (non-hydrogen) atoms. The van der Waals surface area contributed by atoms with E-state index in [1.165, 1.54) is 0 Å². The Kier molecular flexibility index (Phi) is 3.97. The molecule has 0 aliphatic rings. The third kappa shape index (κ3) is 2.87. The van der Waals surface area contributed by atoms with E-state index >= 15 is 0 Å². The Labute approximate surface area is 90.0 Å². The number of hydrogen-bond donors (Lipinski definition) is 2. The second-order valence-electron chi connectivity index (χ2n) is 3.46. The maximum absolute atomic E-state index is 8.57. The molecular weight excluding hydrogens is 190 g/mol. The molecule has 0 unspecified atom stereocenters. The van der Waals surface area contributed by atoms with Gasteiger partial charge in [-0.3, -0.25) is 0 Å². The van der Waals surface area contributed by atoms with Gasteiger partial charge in [-0.1, -0.05) is 24.2 Å². The lowest BCUT2D eigenvalue weighted by Crippen LogP contribution is -2.19. The summed E-state index contributed by atoms with van der Waals surface area (Å²) in [5, 5.41) is 11.6. The maximum Gasteiger partial charge on any atom is 0.170 e. The highest BCUT2D eigenvalue weighted by Gasteiger charge is 2.03. The van der Waals surface area contributed by atoms with E-state index in [9.17, 15) is 0 Å². The van der Waals surface area contributed by atoms with Crippen molar-refractivity contribution < 1.29 is 5.21 Å². The molecule has 0 fully saturated rings. The molecule has 0 heterocycles. The van der Waals surface area contributed by atoms with Crippen LogP contribution in [0.4, 0.5) is 5.69 Å². The average molecular weight is 207 g/mol. The molecule has 0 atom stereocenters. The van der Waals surface area contributed by atoms with Gasteiger partial charge in [0, 0.05) is 24.8 Å². The Bertz CT molecular complexity index is 349. The van der Waals surface area contributed by atoms with Crippen LogP contribution in [0, 0.1) is 0 Å². The van der Waals surface area contributed by atoms with Crippen LogP contribution in [-0.4, -0.2) is 24.6 Å². The van der Waals surface area contributed by atoms with Crippen LogP contribution in [0.25, 0.3) is 0 Å². The predicted molar refractivity (Wildman–Crippen MR) is 62.5 cm³/mol. The lowest BCUT2D eigenvalue weighted by molar-refractivity contribution is 0.318. The van der Waals surface area contributed by atoms with Crippen molar-refractivity contribution >= 4 is 11.5 Å². The fourth-order valence-electron chi connectivity index (χ4n) is 1.42. The Morgan fingerprint density at radius 3 is 2.87 bits per heavy atom. The van der Waals surface area contributed by atoms with Crippen molar-refractivity contribution in [1.29, 1.82) is 0 Å². The van der Waals surface area contributed by atoms with Gasteiger partial charge in [0.1, 0.15) is 0 Å². The van der Waals surface area contributed by atoms with Gasteiger partial charge in [0.25, 0.3) is 0 Å². The lowest BCUT2D eigenvalue weighted by atomic mass is 10.1. The highest BCUT2D eigenvalue weighted by atomic mass is 16.4. The smallest absolute Gasteiger partial charge is 0.170 e. The second kappa shape index (κ2) is 5.24. The fourth-order valence-corrected chi connectivity index (χ4v) is 1.42. The molecule has 4 nitrogen and oxygen atoms in total. The van der Waals surface area contributed by atoms with E-state index in [1.54, 1.807) is 0 Å². The molecule has 0 spiro atoms. The van der Waals surface area contributed by atoms with Crippen molar-refractivity contribution in [3.8, 4) is 0 Å². The zero-order chi connectivity index (χ0) is 11.3. The third-order valence-electron chi connectivity index (χ3n) is 2.25. The van der Waals surface area contributed by atoms with E-state index in [0.29, 0.717) is 0 Å². The summed E-state index contributed by atoms with van der Waals surface area (Å²) in [7, 11) is 2.02. The zero-order valence-corrected chi connectivity index (χ0v) is 9.14. The lowest BCUT2D eigenvalue weighted by Gasteiger charge is -2.18. The normalized spacial score (nSPS) is 11.5. The van der Waals surface area contributed by atoms with E-state index < -0.39 is 0 Å². The highest BCUT2D eigenvalue weighted by molar-refractivity contribution is 5.97. The Morgan fingerprint density at radius 2 is 2.27 bits per heavy atom. The van der Waals surface area contributed by atoms with E-state index in [1.807, 2.05) is 31.3 Å². The van der Waals surface area contributed by atoms with Crippen LogP contribution in [0.2, 0.25) is 0 Å². The molecule has 0 aliphatic carbocycles. The van der Waals surface area contributed by atoms with Gasteiger partial charge in [-0.25, -0.2) is 0 Å². The number of nitrogens with two attached hydrogens (primary N) is 1. The molecule has 82 valence electrons.